The van der Waals surface area contributed by atoms with Crippen LogP contribution >= 0.6 is 0 Å². The van der Waals surface area contributed by atoms with E-state index in [4.69, 9.17) is 4.74 Å². The quantitative estimate of drug-likeness (QED) is 0.634. The summed E-state index contributed by atoms with van der Waals surface area (Å²) in [5, 5.41) is 3.31. The van der Waals surface area contributed by atoms with Crippen LogP contribution in [0.25, 0.3) is 0 Å². The van der Waals surface area contributed by atoms with E-state index in [0.717, 1.165) is 0 Å². The molecule has 0 saturated heterocycles. The first-order chi connectivity index (χ1) is 12.0. The number of fused-ring (bicyclic) bond motifs is 1. The highest BCUT2D eigenvalue weighted by atomic mass is 32.2. The molecule has 0 unspecified atom stereocenters. The average molecular weight is 358 g/mol. The molecule has 2 aromatic rings. The first-order valence-corrected chi connectivity index (χ1v) is 8.53. The number of hydrogen-bond donors (Lipinski definition) is 2. The van der Waals surface area contributed by atoms with Gasteiger partial charge in [-0.05, 0) is 24.3 Å². The van der Waals surface area contributed by atoms with Crippen LogP contribution in [0.5, 0.6) is 5.75 Å². The lowest BCUT2D eigenvalue weighted by molar-refractivity contribution is -0.136. The van der Waals surface area contributed by atoms with Gasteiger partial charge >= 0.3 is 0 Å². The van der Waals surface area contributed by atoms with Crippen molar-refractivity contribution in [3.63, 3.8) is 0 Å². The fourth-order valence-electron chi connectivity index (χ4n) is 2.43. The number of rotatable bonds is 4. The summed E-state index contributed by atoms with van der Waals surface area (Å²) in [4.78, 5) is 37.1. The Labute approximate surface area is 145 Å². The molecular formula is C17H14N2O5S. The zero-order valence-corrected chi connectivity index (χ0v) is 14.0. The number of methoxy groups -OCH3 is 1. The third-order valence-electron chi connectivity index (χ3n) is 3.63. The molecule has 8 heteroatoms. The number of carbonyl (C=O) groups is 3. The van der Waals surface area contributed by atoms with Crippen LogP contribution in [0.2, 0.25) is 0 Å². The Morgan fingerprint density at radius 2 is 1.80 bits per heavy atom. The summed E-state index contributed by atoms with van der Waals surface area (Å²) in [6, 6.07) is 13.0. The lowest BCUT2D eigenvalue weighted by Gasteiger charge is -2.22. The second kappa shape index (κ2) is 6.86. The molecule has 2 atom stereocenters. The normalized spacial score (nSPS) is 18.7. The summed E-state index contributed by atoms with van der Waals surface area (Å²) in [6.45, 7) is 0. The van der Waals surface area contributed by atoms with E-state index in [1.165, 1.54) is 7.11 Å². The highest BCUT2D eigenvalue weighted by Gasteiger charge is 2.41. The third kappa shape index (κ3) is 3.16. The lowest BCUT2D eigenvalue weighted by atomic mass is 10.2. The van der Waals surface area contributed by atoms with E-state index in [1.807, 2.05) is 0 Å². The minimum Gasteiger partial charge on any atom is -0.495 e. The monoisotopic (exact) mass is 358 g/mol. The summed E-state index contributed by atoms with van der Waals surface area (Å²) in [5.74, 6) is -2.51. The summed E-state index contributed by atoms with van der Waals surface area (Å²) < 4.78 is 17.7. The van der Waals surface area contributed by atoms with Gasteiger partial charge in [-0.25, -0.2) is 0 Å². The number of nitrogens with one attached hydrogen (secondary N) is 2. The van der Waals surface area contributed by atoms with Crippen molar-refractivity contribution < 1.29 is 23.3 Å². The molecule has 1 aliphatic heterocycles. The standard InChI is InChI=1S/C17H14N2O5S/c1-24-12-8-4-2-6-10(12)18-16(21)14(20)15-17(22)19-11-7-3-5-9-13(11)25(15)23/h2-9,15H,1H3,(H,18,21)(H,19,22)/t15-,25+/m0/s1. The van der Waals surface area contributed by atoms with E-state index in [-0.39, 0.29) is 5.69 Å². The maximum absolute atomic E-state index is 12.6. The number of anilines is 2. The van der Waals surface area contributed by atoms with Crippen LogP contribution < -0.4 is 15.4 Å². The molecule has 0 aliphatic carbocycles. The summed E-state index contributed by atoms with van der Waals surface area (Å²) in [5.41, 5.74) is 0.658. The Bertz CT molecular complexity index is 896. The number of para-hydroxylation sites is 3. The van der Waals surface area contributed by atoms with Crippen LogP contribution in [0, 0.1) is 0 Å². The predicted molar refractivity (Wildman–Crippen MR) is 91.9 cm³/mol. The number of ether oxygens (including phenoxy) is 1. The van der Waals surface area contributed by atoms with Gasteiger partial charge in [0.05, 0.1) is 34.2 Å². The van der Waals surface area contributed by atoms with E-state index >= 15 is 0 Å². The molecule has 1 aliphatic rings. The topological polar surface area (TPSA) is 102 Å². The van der Waals surface area contributed by atoms with Gasteiger partial charge in [0.25, 0.3) is 5.91 Å². The second-order valence-corrected chi connectivity index (χ2v) is 6.69. The zero-order chi connectivity index (χ0) is 18.0. The maximum Gasteiger partial charge on any atom is 0.293 e. The third-order valence-corrected chi connectivity index (χ3v) is 5.28. The van der Waals surface area contributed by atoms with Crippen molar-refractivity contribution in [3.8, 4) is 5.75 Å². The largest absolute Gasteiger partial charge is 0.495 e. The van der Waals surface area contributed by atoms with Gasteiger partial charge in [-0.3, -0.25) is 18.6 Å². The molecule has 0 fully saturated rings. The van der Waals surface area contributed by atoms with Gasteiger partial charge < -0.3 is 15.4 Å². The van der Waals surface area contributed by atoms with E-state index < -0.39 is 33.6 Å². The summed E-state index contributed by atoms with van der Waals surface area (Å²) >= 11 is 0. The van der Waals surface area contributed by atoms with Crippen molar-refractivity contribution >= 4 is 39.8 Å². The highest BCUT2D eigenvalue weighted by Crippen LogP contribution is 2.28. The number of carbonyl (C=O) groups excluding carboxylic acids is 3. The van der Waals surface area contributed by atoms with Crippen molar-refractivity contribution in [1.82, 2.24) is 0 Å². The molecule has 2 amide bonds. The number of Topliss-reactive ketones (excluding diaryl/α,β-unsaturated/α-hetero) is 1. The Morgan fingerprint density at radius 1 is 1.12 bits per heavy atom. The molecule has 128 valence electrons. The molecule has 1 heterocycles. The number of ketones is 1. The molecule has 2 N–H and O–H groups in total. The van der Waals surface area contributed by atoms with E-state index in [1.54, 1.807) is 48.5 Å². The smallest absolute Gasteiger partial charge is 0.293 e. The molecule has 0 bridgehead atoms. The molecule has 25 heavy (non-hydrogen) atoms. The average Bonchev–Trinajstić information content (AvgIpc) is 2.62. The minimum atomic E-state index is -1.95. The van der Waals surface area contributed by atoms with Crippen molar-refractivity contribution in [2.24, 2.45) is 0 Å². The van der Waals surface area contributed by atoms with E-state index in [2.05, 4.69) is 10.6 Å². The Hall–Kier alpha value is -3.00. The van der Waals surface area contributed by atoms with Crippen molar-refractivity contribution in [1.29, 1.82) is 0 Å². The zero-order valence-electron chi connectivity index (χ0n) is 13.1. The van der Waals surface area contributed by atoms with E-state index in [0.29, 0.717) is 16.3 Å². The van der Waals surface area contributed by atoms with Crippen LogP contribution in [0.4, 0.5) is 11.4 Å². The Morgan fingerprint density at radius 3 is 2.56 bits per heavy atom. The van der Waals surface area contributed by atoms with Crippen molar-refractivity contribution in [3.05, 3.63) is 48.5 Å². The van der Waals surface area contributed by atoms with Crippen LogP contribution in [0.3, 0.4) is 0 Å². The predicted octanol–water partition coefficient (Wildman–Crippen LogP) is 1.33. The maximum atomic E-state index is 12.6. The molecule has 0 radical (unpaired) electrons. The second-order valence-electron chi connectivity index (χ2n) is 5.18. The molecule has 0 saturated carbocycles. The number of hydrogen-bond acceptors (Lipinski definition) is 5. The fraction of sp³-hybridized carbons (Fsp3) is 0.118. The van der Waals surface area contributed by atoms with Gasteiger partial charge in [0, 0.05) is 0 Å². The highest BCUT2D eigenvalue weighted by molar-refractivity contribution is 7.87. The SMILES string of the molecule is COc1ccccc1NC(=O)C(=O)[C@H]1C(=O)Nc2ccccc2[S@]1=O. The Balaban J connectivity index is 1.84. The van der Waals surface area contributed by atoms with Gasteiger partial charge in [-0.2, -0.15) is 0 Å². The van der Waals surface area contributed by atoms with Gasteiger partial charge in [0.15, 0.2) is 5.25 Å². The number of amides is 2. The van der Waals surface area contributed by atoms with Gasteiger partial charge in [-0.1, -0.05) is 24.3 Å². The van der Waals surface area contributed by atoms with Crippen LogP contribution in [0.15, 0.2) is 53.4 Å². The van der Waals surface area contributed by atoms with Crippen molar-refractivity contribution in [2.45, 2.75) is 10.1 Å². The molecule has 2 aromatic carbocycles. The lowest BCUT2D eigenvalue weighted by Crippen LogP contribution is -2.46. The molecule has 7 nitrogen and oxygen atoms in total. The van der Waals surface area contributed by atoms with Gasteiger partial charge in [-0.15, -0.1) is 0 Å². The molecule has 3 rings (SSSR count). The summed E-state index contributed by atoms with van der Waals surface area (Å²) in [6.07, 6.45) is 0. The van der Waals surface area contributed by atoms with Crippen LogP contribution in [-0.4, -0.2) is 34.2 Å². The first-order valence-electron chi connectivity index (χ1n) is 7.31. The molecule has 0 spiro atoms. The minimum absolute atomic E-state index is 0.283. The first kappa shape index (κ1) is 16.8. The van der Waals surface area contributed by atoms with Crippen molar-refractivity contribution in [2.75, 3.05) is 17.7 Å². The molecule has 0 aromatic heterocycles. The Kier molecular flexibility index (Phi) is 4.62. The van der Waals surface area contributed by atoms with Crippen LogP contribution in [-0.2, 0) is 25.2 Å². The van der Waals surface area contributed by atoms with Gasteiger partial charge in [0.1, 0.15) is 5.75 Å². The fourth-order valence-corrected chi connectivity index (χ4v) is 3.79. The number of benzene rings is 2. The molecular weight excluding hydrogens is 344 g/mol. The van der Waals surface area contributed by atoms with Gasteiger partial charge in [0.2, 0.25) is 11.7 Å². The van der Waals surface area contributed by atoms with Crippen LogP contribution in [0.1, 0.15) is 0 Å². The summed E-state index contributed by atoms with van der Waals surface area (Å²) in [7, 11) is -0.528. The van der Waals surface area contributed by atoms with E-state index in [9.17, 15) is 18.6 Å².